The molecule has 0 bridgehead atoms. The van der Waals surface area contributed by atoms with E-state index in [9.17, 15) is 14.4 Å². The van der Waals surface area contributed by atoms with E-state index in [-0.39, 0.29) is 30.0 Å². The highest BCUT2D eigenvalue weighted by Gasteiger charge is 2.35. The van der Waals surface area contributed by atoms with Gasteiger partial charge in [0.15, 0.2) is 0 Å². The van der Waals surface area contributed by atoms with Crippen molar-refractivity contribution < 1.29 is 9.59 Å². The highest BCUT2D eigenvalue weighted by atomic mass is 16.2. The van der Waals surface area contributed by atoms with Crippen molar-refractivity contribution in [1.82, 2.24) is 20.1 Å². The number of hydrogen-bond donors (Lipinski definition) is 2. The van der Waals surface area contributed by atoms with Crippen LogP contribution in [-0.4, -0.2) is 53.0 Å². The van der Waals surface area contributed by atoms with Crippen LogP contribution in [0.3, 0.4) is 0 Å². The van der Waals surface area contributed by atoms with Gasteiger partial charge in [-0.3, -0.25) is 19.3 Å². The summed E-state index contributed by atoms with van der Waals surface area (Å²) >= 11 is 0. The molecule has 0 spiro atoms. The molecule has 1 saturated carbocycles. The average molecular weight is 451 g/mol. The standard InChI is InChI=1S/C26H34N4O3/c1-17-5-4-6-20(11-17)25(32)27-13-24(31)28-22-15-30(16-22)23-9-7-19(8-10-23)21-12-18(2)26(33)29(3)14-21/h4-6,11-12,14,19,22-23H,7-10,13,15-16H2,1-3H3,(H,27,32)(H,28,31). The number of amides is 2. The van der Waals surface area contributed by atoms with Gasteiger partial charge in [-0.15, -0.1) is 0 Å². The molecule has 1 aromatic carbocycles. The molecule has 7 nitrogen and oxygen atoms in total. The first kappa shape index (κ1) is 23.2. The minimum Gasteiger partial charge on any atom is -0.349 e. The van der Waals surface area contributed by atoms with Gasteiger partial charge in [-0.05, 0) is 69.2 Å². The Morgan fingerprint density at radius 2 is 1.79 bits per heavy atom. The van der Waals surface area contributed by atoms with E-state index in [1.165, 1.54) is 5.56 Å². The average Bonchev–Trinajstić information content (AvgIpc) is 2.77. The maximum atomic E-state index is 12.2. The molecule has 2 aromatic rings. The summed E-state index contributed by atoms with van der Waals surface area (Å²) in [6.45, 7) is 5.55. The van der Waals surface area contributed by atoms with Crippen molar-refractivity contribution in [2.24, 2.45) is 7.05 Å². The first-order valence-corrected chi connectivity index (χ1v) is 11.9. The van der Waals surface area contributed by atoms with Crippen LogP contribution in [0.4, 0.5) is 0 Å². The van der Waals surface area contributed by atoms with E-state index in [1.54, 1.807) is 10.6 Å². The number of nitrogens with zero attached hydrogens (tertiary/aromatic N) is 2. The van der Waals surface area contributed by atoms with Crippen molar-refractivity contribution in [3.63, 3.8) is 0 Å². The molecule has 2 heterocycles. The molecule has 2 fully saturated rings. The Kier molecular flexibility index (Phi) is 6.98. The van der Waals surface area contributed by atoms with Crippen LogP contribution in [0.1, 0.15) is 58.6 Å². The smallest absolute Gasteiger partial charge is 0.253 e. The largest absolute Gasteiger partial charge is 0.349 e. The van der Waals surface area contributed by atoms with Crippen LogP contribution in [0, 0.1) is 13.8 Å². The Morgan fingerprint density at radius 1 is 1.06 bits per heavy atom. The van der Waals surface area contributed by atoms with Gasteiger partial charge < -0.3 is 15.2 Å². The third-order valence-electron chi connectivity index (χ3n) is 7.03. The maximum absolute atomic E-state index is 12.2. The van der Waals surface area contributed by atoms with Crippen LogP contribution in [0.25, 0.3) is 0 Å². The molecule has 1 aliphatic heterocycles. The molecule has 1 saturated heterocycles. The first-order valence-electron chi connectivity index (χ1n) is 11.9. The second kappa shape index (κ2) is 9.91. The molecule has 0 unspecified atom stereocenters. The highest BCUT2D eigenvalue weighted by Crippen LogP contribution is 2.35. The molecule has 1 aromatic heterocycles. The van der Waals surface area contributed by atoms with Gasteiger partial charge in [-0.25, -0.2) is 0 Å². The molecule has 2 aliphatic rings. The quantitative estimate of drug-likeness (QED) is 0.707. The number of benzene rings is 1. The number of rotatable bonds is 6. The van der Waals surface area contributed by atoms with Gasteiger partial charge in [-0.1, -0.05) is 17.7 Å². The lowest BCUT2D eigenvalue weighted by atomic mass is 9.80. The van der Waals surface area contributed by atoms with Crippen molar-refractivity contribution in [3.05, 3.63) is 69.1 Å². The van der Waals surface area contributed by atoms with Crippen molar-refractivity contribution in [2.45, 2.75) is 57.5 Å². The summed E-state index contributed by atoms with van der Waals surface area (Å²) in [6.07, 6.45) is 6.52. The van der Waals surface area contributed by atoms with E-state index < -0.39 is 0 Å². The number of aryl methyl sites for hydroxylation is 3. The van der Waals surface area contributed by atoms with E-state index in [1.807, 2.05) is 45.3 Å². The Labute approximate surface area is 195 Å². The Balaban J connectivity index is 1.17. The summed E-state index contributed by atoms with van der Waals surface area (Å²) in [5.41, 5.74) is 3.75. The molecule has 4 rings (SSSR count). The minimum absolute atomic E-state index is 0.00657. The topological polar surface area (TPSA) is 83.4 Å². The monoisotopic (exact) mass is 450 g/mol. The Morgan fingerprint density at radius 3 is 2.45 bits per heavy atom. The summed E-state index contributed by atoms with van der Waals surface area (Å²) in [6, 6.07) is 10.1. The summed E-state index contributed by atoms with van der Waals surface area (Å²) < 4.78 is 1.70. The van der Waals surface area contributed by atoms with Gasteiger partial charge in [0, 0.05) is 43.5 Å². The Hall–Kier alpha value is -2.93. The van der Waals surface area contributed by atoms with Gasteiger partial charge in [0.05, 0.1) is 12.6 Å². The summed E-state index contributed by atoms with van der Waals surface area (Å²) in [5, 5.41) is 5.73. The molecule has 33 heavy (non-hydrogen) atoms. The molecule has 1 aliphatic carbocycles. The number of nitrogens with one attached hydrogen (secondary N) is 2. The molecule has 176 valence electrons. The van der Waals surface area contributed by atoms with Crippen LogP contribution in [0.5, 0.6) is 0 Å². The number of carbonyl (C=O) groups excluding carboxylic acids is 2. The second-order valence-corrected chi connectivity index (χ2v) is 9.65. The number of pyridine rings is 1. The van der Waals surface area contributed by atoms with Gasteiger partial charge in [0.25, 0.3) is 11.5 Å². The van der Waals surface area contributed by atoms with Crippen LogP contribution in [0.15, 0.2) is 41.3 Å². The maximum Gasteiger partial charge on any atom is 0.253 e. The van der Waals surface area contributed by atoms with Crippen molar-refractivity contribution >= 4 is 11.8 Å². The van der Waals surface area contributed by atoms with E-state index in [0.717, 1.165) is 49.9 Å². The van der Waals surface area contributed by atoms with Gasteiger partial charge in [0.2, 0.25) is 5.91 Å². The Bertz CT molecular complexity index is 1050. The fraction of sp³-hybridized carbons (Fsp3) is 0.500. The molecular formula is C26H34N4O3. The fourth-order valence-electron chi connectivity index (χ4n) is 5.14. The van der Waals surface area contributed by atoms with Crippen LogP contribution in [0.2, 0.25) is 0 Å². The van der Waals surface area contributed by atoms with Crippen LogP contribution in [-0.2, 0) is 11.8 Å². The zero-order chi connectivity index (χ0) is 23.5. The van der Waals surface area contributed by atoms with E-state index in [2.05, 4.69) is 21.6 Å². The fourth-order valence-corrected chi connectivity index (χ4v) is 5.14. The third-order valence-corrected chi connectivity index (χ3v) is 7.03. The van der Waals surface area contributed by atoms with Crippen molar-refractivity contribution in [3.8, 4) is 0 Å². The zero-order valence-corrected chi connectivity index (χ0v) is 19.8. The second-order valence-electron chi connectivity index (χ2n) is 9.65. The zero-order valence-electron chi connectivity index (χ0n) is 19.8. The molecule has 7 heteroatoms. The third kappa shape index (κ3) is 5.53. The summed E-state index contributed by atoms with van der Waals surface area (Å²) in [5.74, 6) is 0.143. The van der Waals surface area contributed by atoms with E-state index >= 15 is 0 Å². The number of likely N-dealkylation sites (tertiary alicyclic amines) is 1. The summed E-state index contributed by atoms with van der Waals surface area (Å²) in [7, 11) is 1.83. The normalized spacial score (nSPS) is 21.3. The molecular weight excluding hydrogens is 416 g/mol. The van der Waals surface area contributed by atoms with Crippen LogP contribution >= 0.6 is 0 Å². The van der Waals surface area contributed by atoms with E-state index in [0.29, 0.717) is 17.5 Å². The first-order chi connectivity index (χ1) is 15.8. The SMILES string of the molecule is Cc1cccc(C(=O)NCC(=O)NC2CN(C3CCC(c4cc(C)c(=O)n(C)c4)CC3)C2)c1. The van der Waals surface area contributed by atoms with Crippen LogP contribution < -0.4 is 16.2 Å². The lowest BCUT2D eigenvalue weighted by Crippen LogP contribution is -2.63. The minimum atomic E-state index is -0.227. The lowest BCUT2D eigenvalue weighted by Gasteiger charge is -2.46. The summed E-state index contributed by atoms with van der Waals surface area (Å²) in [4.78, 5) is 38.9. The van der Waals surface area contributed by atoms with Crippen molar-refractivity contribution in [2.75, 3.05) is 19.6 Å². The number of aromatic nitrogens is 1. The number of carbonyl (C=O) groups is 2. The highest BCUT2D eigenvalue weighted by molar-refractivity contribution is 5.96. The van der Waals surface area contributed by atoms with Gasteiger partial charge in [-0.2, -0.15) is 0 Å². The van der Waals surface area contributed by atoms with Crippen molar-refractivity contribution in [1.29, 1.82) is 0 Å². The number of hydrogen-bond acceptors (Lipinski definition) is 4. The lowest BCUT2D eigenvalue weighted by molar-refractivity contribution is -0.122. The van der Waals surface area contributed by atoms with Gasteiger partial charge >= 0.3 is 0 Å². The van der Waals surface area contributed by atoms with E-state index in [4.69, 9.17) is 0 Å². The predicted molar refractivity (Wildman–Crippen MR) is 128 cm³/mol. The van der Waals surface area contributed by atoms with Gasteiger partial charge in [0.1, 0.15) is 0 Å². The predicted octanol–water partition coefficient (Wildman–Crippen LogP) is 2.26. The molecule has 2 N–H and O–H groups in total. The molecule has 0 atom stereocenters. The molecule has 2 amide bonds. The molecule has 0 radical (unpaired) electrons.